The van der Waals surface area contributed by atoms with Gasteiger partial charge >= 0.3 is 0 Å². The van der Waals surface area contributed by atoms with Crippen molar-refractivity contribution in [1.82, 2.24) is 10.2 Å². The maximum Gasteiger partial charge on any atom is 0.271 e. The summed E-state index contributed by atoms with van der Waals surface area (Å²) in [4.78, 5) is 11.8. The molecule has 2 aromatic carbocycles. The number of hydrogen-bond donors (Lipinski definition) is 3. The number of primary amides is 1. The van der Waals surface area contributed by atoms with Crippen LogP contribution in [0.25, 0.3) is 11.1 Å². The second-order valence-corrected chi connectivity index (χ2v) is 6.12. The Labute approximate surface area is 153 Å². The molecule has 1 aromatic heterocycles. The summed E-state index contributed by atoms with van der Waals surface area (Å²) in [6.07, 6.45) is 2.06. The number of hydrogen-bond acceptors (Lipinski definition) is 5. The molecule has 1 aliphatic rings. The van der Waals surface area contributed by atoms with E-state index in [1.165, 1.54) is 12.3 Å². The number of benzene rings is 2. The van der Waals surface area contributed by atoms with E-state index < -0.39 is 17.5 Å². The van der Waals surface area contributed by atoms with Gasteiger partial charge in [-0.05, 0) is 42.3 Å². The number of nitrogens with zero attached hydrogens (tertiary/aromatic N) is 2. The molecule has 1 aliphatic heterocycles. The van der Waals surface area contributed by atoms with E-state index in [4.69, 9.17) is 5.73 Å². The maximum absolute atomic E-state index is 14.3. The number of aromatic nitrogens is 2. The number of amides is 1. The maximum atomic E-state index is 14.3. The topological polar surface area (TPSA) is 92.9 Å². The van der Waals surface area contributed by atoms with Gasteiger partial charge in [0.25, 0.3) is 5.91 Å². The molecule has 0 atom stereocenters. The highest BCUT2D eigenvalue weighted by atomic mass is 19.1. The monoisotopic (exact) mass is 367 g/mol. The first kappa shape index (κ1) is 16.9. The van der Waals surface area contributed by atoms with Crippen molar-refractivity contribution in [1.29, 1.82) is 0 Å². The van der Waals surface area contributed by atoms with Gasteiger partial charge in [0.15, 0.2) is 5.69 Å². The summed E-state index contributed by atoms with van der Waals surface area (Å²) in [5.74, 6) is -2.41. The third kappa shape index (κ3) is 3.05. The third-order valence-corrected chi connectivity index (χ3v) is 4.40. The second-order valence-electron chi connectivity index (χ2n) is 6.12. The summed E-state index contributed by atoms with van der Waals surface area (Å²) >= 11 is 0. The fourth-order valence-electron chi connectivity index (χ4n) is 3.16. The van der Waals surface area contributed by atoms with Crippen LogP contribution < -0.4 is 16.4 Å². The molecule has 0 fully saturated rings. The minimum Gasteiger partial charge on any atom is -0.384 e. The van der Waals surface area contributed by atoms with Gasteiger partial charge in [-0.1, -0.05) is 6.07 Å². The highest BCUT2D eigenvalue weighted by molar-refractivity contribution is 6.01. The van der Waals surface area contributed by atoms with Gasteiger partial charge in [-0.3, -0.25) is 4.79 Å². The first-order valence-electron chi connectivity index (χ1n) is 8.28. The average molecular weight is 367 g/mol. The van der Waals surface area contributed by atoms with Crippen molar-refractivity contribution in [3.05, 3.63) is 65.5 Å². The van der Waals surface area contributed by atoms with Gasteiger partial charge in [0, 0.05) is 23.5 Å². The van der Waals surface area contributed by atoms with Crippen LogP contribution in [0.5, 0.6) is 0 Å². The quantitative estimate of drug-likeness (QED) is 0.658. The van der Waals surface area contributed by atoms with Crippen LogP contribution in [0.15, 0.2) is 42.6 Å². The first-order valence-corrected chi connectivity index (χ1v) is 8.28. The molecule has 4 rings (SSSR count). The minimum absolute atomic E-state index is 0.0630. The number of anilines is 3. The number of halogens is 2. The lowest BCUT2D eigenvalue weighted by Crippen LogP contribution is -2.17. The summed E-state index contributed by atoms with van der Waals surface area (Å²) in [6.45, 7) is 0.841. The molecule has 0 aliphatic carbocycles. The lowest BCUT2D eigenvalue weighted by molar-refractivity contribution is 0.0995. The molecule has 1 amide bonds. The van der Waals surface area contributed by atoms with Gasteiger partial charge in [0.05, 0.1) is 17.4 Å². The molecule has 0 bridgehead atoms. The standard InChI is InChI=1S/C19H15F2N5O/c20-13-2-1-3-14(21)16(13)12-9-24-26-18(19(22)27)17(12)25-11-4-5-15-10(8-11)6-7-23-15/h1-5,8-9,23H,6-7H2,(H2,22,27)(H,24,25). The molecule has 2 heterocycles. The number of carbonyl (C=O) groups is 1. The zero-order valence-electron chi connectivity index (χ0n) is 14.1. The van der Waals surface area contributed by atoms with Gasteiger partial charge in [-0.25, -0.2) is 8.78 Å². The molecule has 27 heavy (non-hydrogen) atoms. The average Bonchev–Trinajstić information content (AvgIpc) is 3.10. The van der Waals surface area contributed by atoms with Crippen molar-refractivity contribution in [3.63, 3.8) is 0 Å². The van der Waals surface area contributed by atoms with E-state index in [1.54, 1.807) is 6.07 Å². The first-order chi connectivity index (χ1) is 13.0. The van der Waals surface area contributed by atoms with Crippen molar-refractivity contribution in [2.45, 2.75) is 6.42 Å². The fraction of sp³-hybridized carbons (Fsp3) is 0.105. The van der Waals surface area contributed by atoms with Crippen LogP contribution in [0, 0.1) is 11.6 Å². The second kappa shape index (κ2) is 6.64. The smallest absolute Gasteiger partial charge is 0.271 e. The van der Waals surface area contributed by atoms with Gasteiger partial charge in [-0.15, -0.1) is 5.10 Å². The summed E-state index contributed by atoms with van der Waals surface area (Å²) in [5.41, 5.74) is 7.84. The molecule has 0 unspecified atom stereocenters. The van der Waals surface area contributed by atoms with E-state index in [-0.39, 0.29) is 22.5 Å². The van der Waals surface area contributed by atoms with Crippen LogP contribution in [0.1, 0.15) is 16.1 Å². The SMILES string of the molecule is NC(=O)c1nncc(-c2c(F)cccc2F)c1Nc1ccc2c(c1)CCN2. The molecular formula is C19H15F2N5O. The summed E-state index contributed by atoms with van der Waals surface area (Å²) < 4.78 is 28.7. The fourth-order valence-corrected chi connectivity index (χ4v) is 3.16. The molecule has 6 nitrogen and oxygen atoms in total. The molecule has 0 saturated carbocycles. The van der Waals surface area contributed by atoms with Crippen molar-refractivity contribution >= 4 is 23.0 Å². The van der Waals surface area contributed by atoms with E-state index in [9.17, 15) is 13.6 Å². The number of nitrogens with one attached hydrogen (secondary N) is 2. The lowest BCUT2D eigenvalue weighted by atomic mass is 10.0. The largest absolute Gasteiger partial charge is 0.384 e. The van der Waals surface area contributed by atoms with Crippen molar-refractivity contribution in [2.75, 3.05) is 17.2 Å². The summed E-state index contributed by atoms with van der Waals surface area (Å²) in [5, 5.41) is 13.7. The molecule has 4 N–H and O–H groups in total. The van der Waals surface area contributed by atoms with Crippen LogP contribution in [0.3, 0.4) is 0 Å². The number of nitrogens with two attached hydrogens (primary N) is 1. The Morgan fingerprint density at radius 3 is 2.70 bits per heavy atom. The van der Waals surface area contributed by atoms with E-state index in [0.29, 0.717) is 5.69 Å². The molecule has 8 heteroatoms. The van der Waals surface area contributed by atoms with E-state index in [1.807, 2.05) is 12.1 Å². The van der Waals surface area contributed by atoms with E-state index in [2.05, 4.69) is 20.8 Å². The Balaban J connectivity index is 1.87. The van der Waals surface area contributed by atoms with Crippen LogP contribution in [0.4, 0.5) is 25.8 Å². The molecule has 3 aromatic rings. The van der Waals surface area contributed by atoms with Gasteiger partial charge < -0.3 is 16.4 Å². The van der Waals surface area contributed by atoms with Gasteiger partial charge in [-0.2, -0.15) is 5.10 Å². The van der Waals surface area contributed by atoms with Crippen molar-refractivity contribution in [2.24, 2.45) is 5.73 Å². The molecular weight excluding hydrogens is 352 g/mol. The molecule has 0 spiro atoms. The molecule has 0 radical (unpaired) electrons. The Morgan fingerprint density at radius 1 is 1.19 bits per heavy atom. The highest BCUT2D eigenvalue weighted by Crippen LogP contribution is 2.36. The van der Waals surface area contributed by atoms with Crippen LogP contribution >= 0.6 is 0 Å². The zero-order valence-corrected chi connectivity index (χ0v) is 14.1. The molecule has 136 valence electrons. The summed E-state index contributed by atoms with van der Waals surface area (Å²) in [6, 6.07) is 9.12. The van der Waals surface area contributed by atoms with Crippen LogP contribution in [0.2, 0.25) is 0 Å². The Hall–Kier alpha value is -3.55. The zero-order chi connectivity index (χ0) is 19.0. The van der Waals surface area contributed by atoms with E-state index in [0.717, 1.165) is 36.3 Å². The van der Waals surface area contributed by atoms with Gasteiger partial charge in [0.1, 0.15) is 11.6 Å². The highest BCUT2D eigenvalue weighted by Gasteiger charge is 2.22. The lowest BCUT2D eigenvalue weighted by Gasteiger charge is -2.15. The number of rotatable bonds is 4. The molecule has 0 saturated heterocycles. The predicted molar refractivity (Wildman–Crippen MR) is 97.8 cm³/mol. The predicted octanol–water partition coefficient (Wildman–Crippen LogP) is 3.23. The Kier molecular flexibility index (Phi) is 4.15. The van der Waals surface area contributed by atoms with Crippen LogP contribution in [-0.2, 0) is 6.42 Å². The van der Waals surface area contributed by atoms with Crippen molar-refractivity contribution in [3.8, 4) is 11.1 Å². The summed E-state index contributed by atoms with van der Waals surface area (Å²) in [7, 11) is 0. The van der Waals surface area contributed by atoms with Crippen molar-refractivity contribution < 1.29 is 13.6 Å². The van der Waals surface area contributed by atoms with E-state index >= 15 is 0 Å². The third-order valence-electron chi connectivity index (χ3n) is 4.40. The Morgan fingerprint density at radius 2 is 1.96 bits per heavy atom. The number of carbonyl (C=O) groups excluding carboxylic acids is 1. The normalized spacial score (nSPS) is 12.4. The Bertz CT molecular complexity index is 1030. The van der Waals surface area contributed by atoms with Crippen LogP contribution in [-0.4, -0.2) is 22.6 Å². The van der Waals surface area contributed by atoms with Gasteiger partial charge in [0.2, 0.25) is 0 Å². The minimum atomic E-state index is -0.855. The number of fused-ring (bicyclic) bond motifs is 1.